The van der Waals surface area contributed by atoms with Crippen LogP contribution < -0.4 is 4.74 Å². The number of likely N-dealkylation sites (tertiary alicyclic amines) is 1. The molecule has 0 bridgehead atoms. The molecule has 4 nitrogen and oxygen atoms in total. The fourth-order valence-corrected chi connectivity index (χ4v) is 3.54. The molecule has 0 saturated carbocycles. The van der Waals surface area contributed by atoms with Crippen LogP contribution in [-0.4, -0.2) is 39.8 Å². The van der Waals surface area contributed by atoms with Crippen molar-refractivity contribution in [3.05, 3.63) is 46.4 Å². The fourth-order valence-electron chi connectivity index (χ4n) is 2.72. The van der Waals surface area contributed by atoms with Crippen LogP contribution in [0.4, 0.5) is 0 Å². The number of aromatic nitrogens is 1. The van der Waals surface area contributed by atoms with Gasteiger partial charge in [0.05, 0.1) is 11.2 Å². The van der Waals surface area contributed by atoms with Crippen molar-refractivity contribution in [2.45, 2.75) is 38.5 Å². The van der Waals surface area contributed by atoms with Gasteiger partial charge in [-0.05, 0) is 32.4 Å². The van der Waals surface area contributed by atoms with Gasteiger partial charge in [0.15, 0.2) is 0 Å². The second-order valence-corrected chi connectivity index (χ2v) is 7.06. The third-order valence-electron chi connectivity index (χ3n) is 4.29. The van der Waals surface area contributed by atoms with Gasteiger partial charge in [-0.3, -0.25) is 4.90 Å². The minimum atomic E-state index is -0.797. The van der Waals surface area contributed by atoms with E-state index in [1.165, 1.54) is 4.88 Å². The van der Waals surface area contributed by atoms with Crippen molar-refractivity contribution in [3.63, 3.8) is 0 Å². The first-order valence-corrected chi connectivity index (χ1v) is 8.48. The molecule has 3 rings (SSSR count). The molecule has 0 radical (unpaired) electrons. The van der Waals surface area contributed by atoms with E-state index >= 15 is 0 Å². The Balaban J connectivity index is 1.69. The van der Waals surface area contributed by atoms with E-state index in [1.807, 2.05) is 49.7 Å². The molecular weight excluding hydrogens is 296 g/mol. The summed E-state index contributed by atoms with van der Waals surface area (Å²) in [6.07, 6.45) is 0.486. The van der Waals surface area contributed by atoms with Gasteiger partial charge in [0.25, 0.3) is 0 Å². The largest absolute Gasteiger partial charge is 0.486 e. The summed E-state index contributed by atoms with van der Waals surface area (Å²) in [6, 6.07) is 9.73. The molecule has 1 saturated heterocycles. The van der Waals surface area contributed by atoms with Crippen molar-refractivity contribution in [2.24, 2.45) is 0 Å². The molecule has 5 heteroatoms. The molecule has 0 spiro atoms. The summed E-state index contributed by atoms with van der Waals surface area (Å²) in [5.41, 5.74) is 2.19. The highest BCUT2D eigenvalue weighted by molar-refractivity contribution is 7.09. The van der Waals surface area contributed by atoms with E-state index in [4.69, 9.17) is 4.74 Å². The van der Waals surface area contributed by atoms with Crippen molar-refractivity contribution >= 4 is 11.3 Å². The summed E-state index contributed by atoms with van der Waals surface area (Å²) in [4.78, 5) is 7.94. The number of aryl methyl sites for hydroxylation is 1. The van der Waals surface area contributed by atoms with Gasteiger partial charge >= 0.3 is 0 Å². The Morgan fingerprint density at radius 3 is 2.86 bits per heavy atom. The Bertz CT molecular complexity index is 612. The van der Waals surface area contributed by atoms with Crippen LogP contribution in [0, 0.1) is 6.92 Å². The van der Waals surface area contributed by atoms with E-state index in [0.29, 0.717) is 6.42 Å². The number of benzene rings is 1. The average molecular weight is 318 g/mol. The minimum absolute atomic E-state index is 0.225. The fraction of sp³-hybridized carbons (Fsp3) is 0.471. The van der Waals surface area contributed by atoms with Gasteiger partial charge in [0.1, 0.15) is 17.5 Å². The Hall–Kier alpha value is -1.43. The molecule has 1 aliphatic rings. The molecule has 0 aliphatic carbocycles. The van der Waals surface area contributed by atoms with Crippen LogP contribution in [0.3, 0.4) is 0 Å². The maximum Gasteiger partial charge on any atom is 0.140 e. The highest BCUT2D eigenvalue weighted by atomic mass is 32.1. The van der Waals surface area contributed by atoms with E-state index < -0.39 is 5.60 Å². The highest BCUT2D eigenvalue weighted by Crippen LogP contribution is 2.28. The molecule has 118 valence electrons. The summed E-state index contributed by atoms with van der Waals surface area (Å²) < 4.78 is 6.05. The van der Waals surface area contributed by atoms with E-state index in [9.17, 15) is 5.11 Å². The predicted molar refractivity (Wildman–Crippen MR) is 88.2 cm³/mol. The maximum absolute atomic E-state index is 10.6. The molecule has 0 unspecified atom stereocenters. The second kappa shape index (κ2) is 6.36. The SMILES string of the molecule is Cc1ncsc1CN1CC[C@](C)(O)[C@@H](Oc2ccccc2)C1. The van der Waals surface area contributed by atoms with Crippen LogP contribution in [0.1, 0.15) is 23.9 Å². The molecular formula is C17H22N2O2S. The van der Waals surface area contributed by atoms with Gasteiger partial charge in [-0.15, -0.1) is 11.3 Å². The van der Waals surface area contributed by atoms with Crippen LogP contribution in [0.25, 0.3) is 0 Å². The lowest BCUT2D eigenvalue weighted by Crippen LogP contribution is -2.56. The van der Waals surface area contributed by atoms with E-state index in [2.05, 4.69) is 9.88 Å². The Morgan fingerprint density at radius 1 is 1.41 bits per heavy atom. The normalized spacial score (nSPS) is 26.0. The van der Waals surface area contributed by atoms with Crippen LogP contribution in [0.2, 0.25) is 0 Å². The van der Waals surface area contributed by atoms with Crippen molar-refractivity contribution in [2.75, 3.05) is 13.1 Å². The number of aliphatic hydroxyl groups is 1. The third kappa shape index (κ3) is 3.48. The zero-order chi connectivity index (χ0) is 15.6. The first-order chi connectivity index (χ1) is 10.5. The molecule has 1 aromatic carbocycles. The van der Waals surface area contributed by atoms with Gasteiger partial charge < -0.3 is 9.84 Å². The topological polar surface area (TPSA) is 45.6 Å². The van der Waals surface area contributed by atoms with Crippen LogP contribution in [-0.2, 0) is 6.54 Å². The first kappa shape index (κ1) is 15.5. The third-order valence-corrected chi connectivity index (χ3v) is 5.21. The zero-order valence-electron chi connectivity index (χ0n) is 13.0. The summed E-state index contributed by atoms with van der Waals surface area (Å²) >= 11 is 1.69. The molecule has 1 N–H and O–H groups in total. The monoisotopic (exact) mass is 318 g/mol. The lowest BCUT2D eigenvalue weighted by atomic mass is 9.90. The molecule has 2 aromatic rings. The molecule has 1 fully saturated rings. The highest BCUT2D eigenvalue weighted by Gasteiger charge is 2.39. The maximum atomic E-state index is 10.6. The van der Waals surface area contributed by atoms with Gasteiger partial charge in [0, 0.05) is 24.5 Å². The van der Waals surface area contributed by atoms with Gasteiger partial charge in [-0.1, -0.05) is 18.2 Å². The summed E-state index contributed by atoms with van der Waals surface area (Å²) in [7, 11) is 0. The lowest BCUT2D eigenvalue weighted by Gasteiger charge is -2.42. The molecule has 1 aliphatic heterocycles. The van der Waals surface area contributed by atoms with Crippen molar-refractivity contribution in [1.82, 2.24) is 9.88 Å². The number of rotatable bonds is 4. The van der Waals surface area contributed by atoms with Crippen LogP contribution >= 0.6 is 11.3 Å². The van der Waals surface area contributed by atoms with Crippen molar-refractivity contribution < 1.29 is 9.84 Å². The van der Waals surface area contributed by atoms with Gasteiger partial charge in [0.2, 0.25) is 0 Å². The van der Waals surface area contributed by atoms with E-state index in [0.717, 1.165) is 31.1 Å². The Morgan fingerprint density at radius 2 is 2.18 bits per heavy atom. The number of thiazole rings is 1. The predicted octanol–water partition coefficient (Wildman–Crippen LogP) is 2.86. The molecule has 1 aromatic heterocycles. The van der Waals surface area contributed by atoms with Crippen LogP contribution in [0.5, 0.6) is 5.75 Å². The quantitative estimate of drug-likeness (QED) is 0.941. The van der Waals surface area contributed by atoms with Crippen LogP contribution in [0.15, 0.2) is 35.8 Å². The second-order valence-electron chi connectivity index (χ2n) is 6.12. The number of hydrogen-bond donors (Lipinski definition) is 1. The Kier molecular flexibility index (Phi) is 4.47. The zero-order valence-corrected chi connectivity index (χ0v) is 13.8. The smallest absolute Gasteiger partial charge is 0.140 e. The summed E-state index contributed by atoms with van der Waals surface area (Å²) in [5.74, 6) is 0.809. The number of nitrogens with zero attached hydrogens (tertiary/aromatic N) is 2. The summed E-state index contributed by atoms with van der Waals surface area (Å²) in [6.45, 7) is 6.39. The number of ether oxygens (including phenoxy) is 1. The average Bonchev–Trinajstić information content (AvgIpc) is 2.89. The standard InChI is InChI=1S/C17H22N2O2S/c1-13-15(22-12-18-13)10-19-9-8-17(2,20)16(11-19)21-14-6-4-3-5-7-14/h3-7,12,16,20H,8-11H2,1-2H3/t16-,17-/m0/s1. The number of hydrogen-bond acceptors (Lipinski definition) is 5. The Labute approximate surface area is 135 Å². The lowest BCUT2D eigenvalue weighted by molar-refractivity contribution is -0.0963. The minimum Gasteiger partial charge on any atom is -0.486 e. The van der Waals surface area contributed by atoms with Gasteiger partial charge in [-0.2, -0.15) is 0 Å². The molecule has 22 heavy (non-hydrogen) atoms. The van der Waals surface area contributed by atoms with Gasteiger partial charge in [-0.25, -0.2) is 4.98 Å². The van der Waals surface area contributed by atoms with Crippen molar-refractivity contribution in [1.29, 1.82) is 0 Å². The molecule has 2 atom stereocenters. The number of piperidine rings is 1. The summed E-state index contributed by atoms with van der Waals surface area (Å²) in [5, 5.41) is 10.6. The number of para-hydroxylation sites is 1. The van der Waals surface area contributed by atoms with E-state index in [-0.39, 0.29) is 6.10 Å². The molecule has 0 amide bonds. The van der Waals surface area contributed by atoms with E-state index in [1.54, 1.807) is 11.3 Å². The van der Waals surface area contributed by atoms with Crippen molar-refractivity contribution in [3.8, 4) is 5.75 Å². The molecule has 2 heterocycles. The first-order valence-electron chi connectivity index (χ1n) is 7.60.